The van der Waals surface area contributed by atoms with Crippen LogP contribution in [0.25, 0.3) is 10.9 Å². The van der Waals surface area contributed by atoms with E-state index in [0.717, 1.165) is 17.3 Å². The van der Waals surface area contributed by atoms with E-state index in [1.807, 2.05) is 32.2 Å². The molecule has 11 heteroatoms. The minimum Gasteiger partial charge on any atom is -0.480 e. The molecular formula is C30H34N4O6S. The Balaban J connectivity index is 1.33. The van der Waals surface area contributed by atoms with Crippen LogP contribution in [0.4, 0.5) is 5.69 Å². The first-order valence-corrected chi connectivity index (χ1v) is 14.6. The Morgan fingerprint density at radius 1 is 0.976 bits per heavy atom. The molecule has 1 aromatic heterocycles. The molecule has 41 heavy (non-hydrogen) atoms. The lowest BCUT2D eigenvalue weighted by Gasteiger charge is -2.28. The summed E-state index contributed by atoms with van der Waals surface area (Å²) in [7, 11) is -3.74. The van der Waals surface area contributed by atoms with E-state index >= 15 is 0 Å². The number of fused-ring (bicyclic) bond motifs is 1. The van der Waals surface area contributed by atoms with Crippen molar-refractivity contribution in [1.82, 2.24) is 15.2 Å². The Kier molecular flexibility index (Phi) is 9.11. The quantitative estimate of drug-likeness (QED) is 0.162. The zero-order valence-corrected chi connectivity index (χ0v) is 23.7. The molecule has 1 amide bonds. The van der Waals surface area contributed by atoms with Crippen molar-refractivity contribution in [2.45, 2.75) is 43.4 Å². The summed E-state index contributed by atoms with van der Waals surface area (Å²) >= 11 is 0. The van der Waals surface area contributed by atoms with Gasteiger partial charge in [-0.25, -0.2) is 8.42 Å². The van der Waals surface area contributed by atoms with Gasteiger partial charge in [0, 0.05) is 47.0 Å². The van der Waals surface area contributed by atoms with Crippen LogP contribution in [0.3, 0.4) is 0 Å². The second-order valence-corrected chi connectivity index (χ2v) is 12.1. The highest BCUT2D eigenvalue weighted by Crippen LogP contribution is 2.23. The number of aromatic nitrogens is 1. The molecule has 0 aliphatic carbocycles. The van der Waals surface area contributed by atoms with Gasteiger partial charge in [-0.1, -0.05) is 30.3 Å². The smallest absolute Gasteiger partial charge is 0.322 e. The monoisotopic (exact) mass is 578 g/mol. The number of amides is 1. The number of sulfonamides is 1. The second-order valence-electron chi connectivity index (χ2n) is 10.4. The van der Waals surface area contributed by atoms with Crippen LogP contribution in [0.2, 0.25) is 0 Å². The Bertz CT molecular complexity index is 1630. The van der Waals surface area contributed by atoms with Crippen molar-refractivity contribution in [2.24, 2.45) is 0 Å². The number of carbonyl (C=O) groups excluding carboxylic acids is 1. The number of aliphatic hydroxyl groups excluding tert-OH is 1. The first kappa shape index (κ1) is 29.8. The second kappa shape index (κ2) is 12.5. The number of aliphatic carboxylic acids is 1. The van der Waals surface area contributed by atoms with Crippen molar-refractivity contribution < 1.29 is 28.2 Å². The highest BCUT2D eigenvalue weighted by molar-refractivity contribution is 7.92. The van der Waals surface area contributed by atoms with Crippen LogP contribution in [-0.4, -0.2) is 53.7 Å². The van der Waals surface area contributed by atoms with Gasteiger partial charge in [-0.2, -0.15) is 0 Å². The van der Waals surface area contributed by atoms with Crippen molar-refractivity contribution in [3.63, 3.8) is 0 Å². The SMILES string of the molecule is CC(C)(CCn1ccc2cc(C(=O)NCC(=O)O)ccc21)NC[C@H](O)c1cccc(NS(=O)(=O)c2ccccc2)c1. The van der Waals surface area contributed by atoms with Crippen molar-refractivity contribution in [3.05, 3.63) is 96.2 Å². The van der Waals surface area contributed by atoms with Gasteiger partial charge in [-0.15, -0.1) is 0 Å². The fourth-order valence-electron chi connectivity index (χ4n) is 4.40. The third-order valence-corrected chi connectivity index (χ3v) is 8.16. The molecule has 1 heterocycles. The Morgan fingerprint density at radius 2 is 1.73 bits per heavy atom. The molecule has 216 valence electrons. The van der Waals surface area contributed by atoms with Crippen LogP contribution in [0, 0.1) is 0 Å². The lowest BCUT2D eigenvalue weighted by Crippen LogP contribution is -2.42. The predicted octanol–water partition coefficient (Wildman–Crippen LogP) is 3.75. The summed E-state index contributed by atoms with van der Waals surface area (Å²) in [6.07, 6.45) is 1.83. The van der Waals surface area contributed by atoms with Gasteiger partial charge in [0.2, 0.25) is 0 Å². The van der Waals surface area contributed by atoms with Gasteiger partial charge in [-0.3, -0.25) is 14.3 Å². The summed E-state index contributed by atoms with van der Waals surface area (Å²) < 4.78 is 30.0. The van der Waals surface area contributed by atoms with Crippen LogP contribution in [-0.2, 0) is 21.4 Å². The van der Waals surface area contributed by atoms with E-state index in [0.29, 0.717) is 23.4 Å². The zero-order valence-electron chi connectivity index (χ0n) is 22.9. The summed E-state index contributed by atoms with van der Waals surface area (Å²) in [4.78, 5) is 23.0. The molecule has 0 spiro atoms. The molecule has 0 aliphatic heterocycles. The van der Waals surface area contributed by atoms with Crippen LogP contribution >= 0.6 is 0 Å². The number of nitrogens with zero attached hydrogens (tertiary/aromatic N) is 1. The largest absolute Gasteiger partial charge is 0.480 e. The van der Waals surface area contributed by atoms with Gasteiger partial charge in [0.25, 0.3) is 15.9 Å². The van der Waals surface area contributed by atoms with E-state index in [1.165, 1.54) is 12.1 Å². The van der Waals surface area contributed by atoms with Crippen molar-refractivity contribution in [1.29, 1.82) is 0 Å². The summed E-state index contributed by atoms with van der Waals surface area (Å²) in [5.41, 5.74) is 1.96. The molecule has 0 saturated heterocycles. The summed E-state index contributed by atoms with van der Waals surface area (Å²) in [6, 6.07) is 22.0. The number of carboxylic acids is 1. The van der Waals surface area contributed by atoms with Gasteiger partial charge < -0.3 is 25.4 Å². The Labute approximate surface area is 239 Å². The third-order valence-electron chi connectivity index (χ3n) is 6.76. The molecule has 1 atom stereocenters. The van der Waals surface area contributed by atoms with Crippen molar-refractivity contribution in [2.75, 3.05) is 17.8 Å². The average molecular weight is 579 g/mol. The topological polar surface area (TPSA) is 150 Å². The molecule has 4 aromatic rings. The molecule has 4 rings (SSSR count). The Hall–Kier alpha value is -4.19. The first-order chi connectivity index (χ1) is 19.4. The summed E-state index contributed by atoms with van der Waals surface area (Å²) in [6.45, 7) is 4.60. The van der Waals surface area contributed by atoms with Gasteiger partial charge in [0.1, 0.15) is 6.54 Å². The minimum atomic E-state index is -3.74. The number of hydrogen-bond donors (Lipinski definition) is 5. The first-order valence-electron chi connectivity index (χ1n) is 13.1. The third kappa shape index (κ3) is 7.94. The number of nitrogens with one attached hydrogen (secondary N) is 3. The van der Waals surface area contributed by atoms with Crippen LogP contribution in [0.15, 0.2) is 90.0 Å². The molecule has 0 unspecified atom stereocenters. The maximum Gasteiger partial charge on any atom is 0.322 e. The number of anilines is 1. The predicted molar refractivity (Wildman–Crippen MR) is 157 cm³/mol. The van der Waals surface area contributed by atoms with E-state index in [9.17, 15) is 23.1 Å². The average Bonchev–Trinajstić information content (AvgIpc) is 3.36. The van der Waals surface area contributed by atoms with Crippen molar-refractivity contribution >= 4 is 38.5 Å². The van der Waals surface area contributed by atoms with E-state index in [2.05, 4.69) is 19.9 Å². The van der Waals surface area contributed by atoms with Gasteiger partial charge >= 0.3 is 5.97 Å². The van der Waals surface area contributed by atoms with Crippen molar-refractivity contribution in [3.8, 4) is 0 Å². The number of β-amino-alcohol motifs (C(OH)–C–C–N with tert-alkyl or cyclic N) is 1. The van der Waals surface area contributed by atoms with Crippen LogP contribution < -0.4 is 15.4 Å². The molecule has 10 nitrogen and oxygen atoms in total. The molecule has 0 fully saturated rings. The molecule has 3 aromatic carbocycles. The zero-order chi connectivity index (χ0) is 29.6. The normalized spacial score (nSPS) is 12.7. The Morgan fingerprint density at radius 3 is 2.46 bits per heavy atom. The number of rotatable bonds is 13. The highest BCUT2D eigenvalue weighted by Gasteiger charge is 2.21. The fraction of sp³-hybridized carbons (Fsp3) is 0.267. The maximum absolute atomic E-state index is 12.7. The molecule has 0 bridgehead atoms. The van der Waals surface area contributed by atoms with Crippen LogP contribution in [0.5, 0.6) is 0 Å². The molecule has 5 N–H and O–H groups in total. The van der Waals surface area contributed by atoms with Gasteiger partial charge in [0.15, 0.2) is 0 Å². The molecule has 0 aliphatic rings. The fourth-order valence-corrected chi connectivity index (χ4v) is 5.47. The number of aliphatic hydroxyl groups is 1. The molecule has 0 saturated carbocycles. The summed E-state index contributed by atoms with van der Waals surface area (Å²) in [5.74, 6) is -1.54. The number of carboxylic acid groups (broad SMARTS) is 1. The van der Waals surface area contributed by atoms with Crippen LogP contribution in [0.1, 0.15) is 42.3 Å². The van der Waals surface area contributed by atoms with E-state index < -0.39 is 34.5 Å². The number of hydrogen-bond acceptors (Lipinski definition) is 6. The van der Waals surface area contributed by atoms with E-state index in [1.54, 1.807) is 54.6 Å². The standard InChI is InChI=1S/C30H34N4O6S/c1-30(2,14-16-34-15-13-21-17-23(11-12-26(21)34)29(38)31-20-28(36)37)32-19-27(35)22-7-6-8-24(18-22)33-41(39,40)25-9-4-3-5-10-25/h3-13,15,17-18,27,32-33,35H,14,16,19-20H2,1-2H3,(H,31,38)(H,36,37)/t27-/m0/s1. The number of benzene rings is 3. The lowest BCUT2D eigenvalue weighted by atomic mass is 9.99. The van der Waals surface area contributed by atoms with Gasteiger partial charge in [0.05, 0.1) is 11.0 Å². The van der Waals surface area contributed by atoms with E-state index in [4.69, 9.17) is 5.11 Å². The van der Waals surface area contributed by atoms with E-state index in [-0.39, 0.29) is 17.0 Å². The number of aryl methyl sites for hydroxylation is 1. The summed E-state index contributed by atoms with van der Waals surface area (Å²) in [5, 5.41) is 26.2. The van der Waals surface area contributed by atoms with Gasteiger partial charge in [-0.05, 0) is 74.4 Å². The molecule has 0 radical (unpaired) electrons. The highest BCUT2D eigenvalue weighted by atomic mass is 32.2. The lowest BCUT2D eigenvalue weighted by molar-refractivity contribution is -0.135. The molecular weight excluding hydrogens is 544 g/mol. The number of carbonyl (C=O) groups is 2. The minimum absolute atomic E-state index is 0.159. The maximum atomic E-state index is 12.7.